The van der Waals surface area contributed by atoms with Gasteiger partial charge in [0.1, 0.15) is 5.75 Å². The van der Waals surface area contributed by atoms with Crippen molar-refractivity contribution in [1.29, 1.82) is 0 Å². The van der Waals surface area contributed by atoms with Crippen molar-refractivity contribution in [3.63, 3.8) is 0 Å². The number of rotatable bonds is 9. The number of benzene rings is 1. The van der Waals surface area contributed by atoms with Crippen molar-refractivity contribution in [3.05, 3.63) is 29.8 Å². The Hall–Kier alpha value is -1.51. The molecular formula is C20H33IN4O2. The van der Waals surface area contributed by atoms with E-state index in [1.54, 1.807) is 14.2 Å². The topological polar surface area (TPSA) is 66.0 Å². The van der Waals surface area contributed by atoms with E-state index in [-0.39, 0.29) is 24.0 Å². The van der Waals surface area contributed by atoms with E-state index in [4.69, 9.17) is 4.74 Å². The lowest BCUT2D eigenvalue weighted by Gasteiger charge is -2.27. The lowest BCUT2D eigenvalue weighted by Crippen LogP contribution is -2.42. The summed E-state index contributed by atoms with van der Waals surface area (Å²) in [6, 6.07) is 8.38. The number of nitrogens with zero attached hydrogens (tertiary/aromatic N) is 2. The van der Waals surface area contributed by atoms with Crippen molar-refractivity contribution in [2.75, 3.05) is 33.8 Å². The third-order valence-electron chi connectivity index (χ3n) is 4.89. The van der Waals surface area contributed by atoms with Gasteiger partial charge in [-0.05, 0) is 37.3 Å². The van der Waals surface area contributed by atoms with E-state index in [0.29, 0.717) is 18.4 Å². The first kappa shape index (κ1) is 23.5. The van der Waals surface area contributed by atoms with E-state index in [1.807, 2.05) is 23.1 Å². The molecule has 2 N–H and O–H groups in total. The second-order valence-electron chi connectivity index (χ2n) is 6.53. The van der Waals surface area contributed by atoms with Gasteiger partial charge in [-0.3, -0.25) is 9.79 Å². The highest BCUT2D eigenvalue weighted by Crippen LogP contribution is 2.18. The number of hydrogen-bond donors (Lipinski definition) is 2. The predicted octanol–water partition coefficient (Wildman–Crippen LogP) is 2.81. The molecule has 0 radical (unpaired) electrons. The molecule has 27 heavy (non-hydrogen) atoms. The maximum atomic E-state index is 11.9. The predicted molar refractivity (Wildman–Crippen MR) is 121 cm³/mol. The minimum atomic E-state index is 0. The maximum absolute atomic E-state index is 11.9. The molecule has 1 atom stereocenters. The molecule has 1 aliphatic rings. The molecule has 0 saturated carbocycles. The number of aliphatic imine (C=N–C) groups is 1. The van der Waals surface area contributed by atoms with Gasteiger partial charge in [-0.1, -0.05) is 25.1 Å². The van der Waals surface area contributed by atoms with Crippen molar-refractivity contribution in [1.82, 2.24) is 15.5 Å². The van der Waals surface area contributed by atoms with E-state index in [0.717, 1.165) is 57.0 Å². The van der Waals surface area contributed by atoms with Crippen LogP contribution in [-0.4, -0.2) is 56.6 Å². The maximum Gasteiger partial charge on any atom is 0.222 e. The van der Waals surface area contributed by atoms with Crippen molar-refractivity contribution < 1.29 is 9.53 Å². The Balaban J connectivity index is 0.00000364. The fraction of sp³-hybridized carbons (Fsp3) is 0.600. The van der Waals surface area contributed by atoms with Gasteiger partial charge in [0, 0.05) is 39.1 Å². The van der Waals surface area contributed by atoms with E-state index in [1.165, 1.54) is 5.56 Å². The average Bonchev–Trinajstić information content (AvgIpc) is 3.10. The van der Waals surface area contributed by atoms with Crippen LogP contribution in [0.1, 0.15) is 38.2 Å². The summed E-state index contributed by atoms with van der Waals surface area (Å²) in [5, 5.41) is 6.70. The van der Waals surface area contributed by atoms with Gasteiger partial charge in [-0.25, -0.2) is 0 Å². The molecule has 1 unspecified atom stereocenters. The Labute approximate surface area is 180 Å². The zero-order valence-electron chi connectivity index (χ0n) is 16.7. The number of carbonyl (C=O) groups excluding carboxylic acids is 1. The summed E-state index contributed by atoms with van der Waals surface area (Å²) < 4.78 is 5.38. The number of amides is 1. The molecule has 1 heterocycles. The minimum Gasteiger partial charge on any atom is -0.496 e. The molecule has 0 bridgehead atoms. The van der Waals surface area contributed by atoms with E-state index >= 15 is 0 Å². The van der Waals surface area contributed by atoms with Crippen molar-refractivity contribution in [2.45, 2.75) is 45.1 Å². The van der Waals surface area contributed by atoms with Crippen molar-refractivity contribution in [2.24, 2.45) is 4.99 Å². The molecule has 1 aromatic rings. The van der Waals surface area contributed by atoms with Crippen LogP contribution in [0, 0.1) is 0 Å². The summed E-state index contributed by atoms with van der Waals surface area (Å²) in [5.74, 6) is 2.01. The number of methoxy groups -OCH3 is 1. The number of halogens is 1. The molecular weight excluding hydrogens is 455 g/mol. The first-order valence-corrected chi connectivity index (χ1v) is 9.55. The van der Waals surface area contributed by atoms with Crippen LogP contribution in [0.15, 0.2) is 29.3 Å². The van der Waals surface area contributed by atoms with Gasteiger partial charge < -0.3 is 20.3 Å². The van der Waals surface area contributed by atoms with E-state index in [9.17, 15) is 4.79 Å². The molecule has 1 aliphatic heterocycles. The number of carbonyl (C=O) groups is 1. The summed E-state index contributed by atoms with van der Waals surface area (Å²) in [6.07, 6.45) is 4.50. The standard InChI is InChI=1S/C20H32N4O2.HI/c1-4-17(24-15-7-10-19(24)25)12-14-23-20(21-2)22-13-11-16-8-5-6-9-18(16)26-3;/h5-6,8-9,17H,4,7,10-15H2,1-3H3,(H2,21,22,23);1H. The summed E-state index contributed by atoms with van der Waals surface area (Å²) in [7, 11) is 3.47. The van der Waals surface area contributed by atoms with Crippen molar-refractivity contribution in [3.8, 4) is 5.75 Å². The lowest BCUT2D eigenvalue weighted by molar-refractivity contribution is -0.129. The molecule has 1 aromatic carbocycles. The van der Waals surface area contributed by atoms with Gasteiger partial charge in [0.2, 0.25) is 5.91 Å². The molecule has 2 rings (SSSR count). The fourth-order valence-electron chi connectivity index (χ4n) is 3.44. The monoisotopic (exact) mass is 488 g/mol. The largest absolute Gasteiger partial charge is 0.496 e. The van der Waals surface area contributed by atoms with Crippen LogP contribution < -0.4 is 15.4 Å². The Morgan fingerprint density at radius 2 is 2.04 bits per heavy atom. The van der Waals surface area contributed by atoms with Crippen LogP contribution in [0.25, 0.3) is 0 Å². The average molecular weight is 488 g/mol. The first-order valence-electron chi connectivity index (χ1n) is 9.55. The second-order valence-corrected chi connectivity index (χ2v) is 6.53. The van der Waals surface area contributed by atoms with Gasteiger partial charge >= 0.3 is 0 Å². The number of para-hydroxylation sites is 1. The van der Waals surface area contributed by atoms with E-state index in [2.05, 4.69) is 28.6 Å². The number of ether oxygens (including phenoxy) is 1. The highest BCUT2D eigenvalue weighted by atomic mass is 127. The van der Waals surface area contributed by atoms with Crippen LogP contribution >= 0.6 is 24.0 Å². The smallest absolute Gasteiger partial charge is 0.222 e. The number of nitrogens with one attached hydrogen (secondary N) is 2. The summed E-state index contributed by atoms with van der Waals surface area (Å²) in [5.41, 5.74) is 1.18. The highest BCUT2D eigenvalue weighted by molar-refractivity contribution is 14.0. The van der Waals surface area contributed by atoms with Crippen molar-refractivity contribution >= 4 is 35.8 Å². The molecule has 1 amide bonds. The first-order chi connectivity index (χ1) is 12.7. The molecule has 7 heteroatoms. The zero-order chi connectivity index (χ0) is 18.8. The van der Waals surface area contributed by atoms with Gasteiger partial charge in [-0.2, -0.15) is 0 Å². The Bertz CT molecular complexity index is 609. The Morgan fingerprint density at radius 3 is 2.67 bits per heavy atom. The van der Waals surface area contributed by atoms with E-state index < -0.39 is 0 Å². The van der Waals surface area contributed by atoms with Gasteiger partial charge in [-0.15, -0.1) is 24.0 Å². The van der Waals surface area contributed by atoms with Crippen LogP contribution in [0.4, 0.5) is 0 Å². The molecule has 0 aliphatic carbocycles. The molecule has 1 saturated heterocycles. The number of hydrogen-bond acceptors (Lipinski definition) is 3. The normalized spacial score (nSPS) is 15.3. The Kier molecular flexibility index (Phi) is 11.2. The molecule has 6 nitrogen and oxygen atoms in total. The van der Waals surface area contributed by atoms with Gasteiger partial charge in [0.05, 0.1) is 7.11 Å². The summed E-state index contributed by atoms with van der Waals surface area (Å²) in [4.78, 5) is 18.2. The third kappa shape index (κ3) is 7.20. The fourth-order valence-corrected chi connectivity index (χ4v) is 3.44. The Morgan fingerprint density at radius 1 is 1.30 bits per heavy atom. The highest BCUT2D eigenvalue weighted by Gasteiger charge is 2.26. The number of likely N-dealkylation sites (tertiary alicyclic amines) is 1. The van der Waals surface area contributed by atoms with Gasteiger partial charge in [0.25, 0.3) is 0 Å². The molecule has 1 fully saturated rings. The van der Waals surface area contributed by atoms with Crippen LogP contribution in [-0.2, 0) is 11.2 Å². The SMILES string of the molecule is CCC(CCNC(=NC)NCCc1ccccc1OC)N1CCCC1=O.I. The summed E-state index contributed by atoms with van der Waals surface area (Å²) in [6.45, 7) is 4.64. The second kappa shape index (κ2) is 12.8. The minimum absolute atomic E-state index is 0. The van der Waals surface area contributed by atoms with Crippen LogP contribution in [0.2, 0.25) is 0 Å². The van der Waals surface area contributed by atoms with Crippen LogP contribution in [0.5, 0.6) is 5.75 Å². The zero-order valence-corrected chi connectivity index (χ0v) is 19.0. The quantitative estimate of drug-likeness (QED) is 0.319. The van der Waals surface area contributed by atoms with Crippen LogP contribution in [0.3, 0.4) is 0 Å². The third-order valence-corrected chi connectivity index (χ3v) is 4.89. The molecule has 0 aromatic heterocycles. The molecule has 152 valence electrons. The number of guanidine groups is 1. The molecule has 0 spiro atoms. The van der Waals surface area contributed by atoms with Gasteiger partial charge in [0.15, 0.2) is 5.96 Å². The lowest BCUT2D eigenvalue weighted by atomic mass is 10.1. The summed E-state index contributed by atoms with van der Waals surface area (Å²) >= 11 is 0.